The summed E-state index contributed by atoms with van der Waals surface area (Å²) in [7, 11) is 0. The lowest BCUT2D eigenvalue weighted by molar-refractivity contribution is 0.597. The Bertz CT molecular complexity index is 590. The summed E-state index contributed by atoms with van der Waals surface area (Å²) in [5.74, 6) is -0.187. The van der Waals surface area contributed by atoms with E-state index in [9.17, 15) is 4.39 Å². The molecule has 0 fully saturated rings. The standard InChI is InChI=1S/C17H18ClF/c1-11-7-8-12(2)14(9-11)10-16(18)15-6-4-5-13(3)17(15)19/h4-9,16H,10H2,1-3H3. The van der Waals surface area contributed by atoms with Gasteiger partial charge in [-0.15, -0.1) is 11.6 Å². The van der Waals surface area contributed by atoms with Crippen LogP contribution in [0.4, 0.5) is 4.39 Å². The Hall–Kier alpha value is -1.34. The average Bonchev–Trinajstić information content (AvgIpc) is 2.37. The molecule has 0 aromatic heterocycles. The van der Waals surface area contributed by atoms with Gasteiger partial charge in [0.1, 0.15) is 5.82 Å². The summed E-state index contributed by atoms with van der Waals surface area (Å²) in [6.45, 7) is 5.88. The van der Waals surface area contributed by atoms with Gasteiger partial charge in [0, 0.05) is 5.56 Å². The first-order valence-corrected chi connectivity index (χ1v) is 6.88. The van der Waals surface area contributed by atoms with Crippen LogP contribution in [0, 0.1) is 26.6 Å². The molecule has 0 aliphatic carbocycles. The maximum atomic E-state index is 14.1. The molecule has 0 amide bonds. The first-order valence-electron chi connectivity index (χ1n) is 6.44. The highest BCUT2D eigenvalue weighted by molar-refractivity contribution is 6.21. The van der Waals surface area contributed by atoms with E-state index >= 15 is 0 Å². The number of hydrogen-bond acceptors (Lipinski definition) is 0. The second kappa shape index (κ2) is 5.75. The quantitative estimate of drug-likeness (QED) is 0.670. The van der Waals surface area contributed by atoms with Crippen molar-refractivity contribution in [3.8, 4) is 0 Å². The number of alkyl halides is 1. The van der Waals surface area contributed by atoms with E-state index in [1.165, 1.54) is 16.7 Å². The van der Waals surface area contributed by atoms with E-state index in [4.69, 9.17) is 11.6 Å². The molecule has 1 atom stereocenters. The predicted octanol–water partition coefficient (Wildman–Crippen LogP) is 5.27. The second-order valence-corrected chi connectivity index (χ2v) is 5.61. The Morgan fingerprint density at radius 1 is 1.05 bits per heavy atom. The molecule has 0 heterocycles. The zero-order chi connectivity index (χ0) is 14.0. The van der Waals surface area contributed by atoms with Crippen LogP contribution in [-0.2, 0) is 6.42 Å². The molecule has 1 unspecified atom stereocenters. The van der Waals surface area contributed by atoms with E-state index in [2.05, 4.69) is 32.0 Å². The van der Waals surface area contributed by atoms with Gasteiger partial charge in [-0.25, -0.2) is 4.39 Å². The van der Waals surface area contributed by atoms with E-state index in [0.29, 0.717) is 17.5 Å². The minimum Gasteiger partial charge on any atom is -0.206 e. The van der Waals surface area contributed by atoms with Gasteiger partial charge in [-0.1, -0.05) is 42.0 Å². The molecule has 0 aliphatic heterocycles. The van der Waals surface area contributed by atoms with Crippen molar-refractivity contribution in [3.05, 3.63) is 70.0 Å². The minimum atomic E-state index is -0.333. The van der Waals surface area contributed by atoms with E-state index in [0.717, 1.165) is 0 Å². The third-order valence-corrected chi connectivity index (χ3v) is 3.85. The van der Waals surface area contributed by atoms with Crippen LogP contribution < -0.4 is 0 Å². The molecule has 2 rings (SSSR count). The average molecular weight is 277 g/mol. The van der Waals surface area contributed by atoms with Crippen molar-refractivity contribution in [3.63, 3.8) is 0 Å². The van der Waals surface area contributed by atoms with Gasteiger partial charge in [-0.3, -0.25) is 0 Å². The van der Waals surface area contributed by atoms with Crippen molar-refractivity contribution in [2.24, 2.45) is 0 Å². The molecule has 0 nitrogen and oxygen atoms in total. The summed E-state index contributed by atoms with van der Waals surface area (Å²) in [5.41, 5.74) is 4.81. The topological polar surface area (TPSA) is 0 Å². The molecular weight excluding hydrogens is 259 g/mol. The summed E-state index contributed by atoms with van der Waals surface area (Å²) in [5, 5.41) is -0.333. The largest absolute Gasteiger partial charge is 0.206 e. The fourth-order valence-corrected chi connectivity index (χ4v) is 2.57. The summed E-state index contributed by atoms with van der Waals surface area (Å²) in [6.07, 6.45) is 0.648. The highest BCUT2D eigenvalue weighted by atomic mass is 35.5. The van der Waals surface area contributed by atoms with Crippen LogP contribution >= 0.6 is 11.6 Å². The Balaban J connectivity index is 2.28. The molecule has 2 heteroatoms. The molecule has 0 N–H and O–H groups in total. The van der Waals surface area contributed by atoms with E-state index in [1.807, 2.05) is 6.07 Å². The Kier molecular flexibility index (Phi) is 4.26. The Labute approximate surface area is 119 Å². The lowest BCUT2D eigenvalue weighted by Gasteiger charge is -2.14. The van der Waals surface area contributed by atoms with Crippen molar-refractivity contribution in [2.75, 3.05) is 0 Å². The molecule has 0 saturated heterocycles. The Morgan fingerprint density at radius 2 is 1.79 bits per heavy atom. The van der Waals surface area contributed by atoms with Crippen molar-refractivity contribution in [2.45, 2.75) is 32.6 Å². The number of rotatable bonds is 3. The van der Waals surface area contributed by atoms with Gasteiger partial charge in [0.15, 0.2) is 0 Å². The van der Waals surface area contributed by atoms with Gasteiger partial charge in [0.2, 0.25) is 0 Å². The molecule has 2 aromatic carbocycles. The van der Waals surface area contributed by atoms with Gasteiger partial charge in [0.25, 0.3) is 0 Å². The van der Waals surface area contributed by atoms with Crippen molar-refractivity contribution in [1.82, 2.24) is 0 Å². The van der Waals surface area contributed by atoms with Crippen LogP contribution in [-0.4, -0.2) is 0 Å². The van der Waals surface area contributed by atoms with Crippen molar-refractivity contribution >= 4 is 11.6 Å². The summed E-state index contributed by atoms with van der Waals surface area (Å²) in [6, 6.07) is 11.7. The molecule has 0 aliphatic rings. The van der Waals surface area contributed by atoms with Crippen LogP contribution in [0.15, 0.2) is 36.4 Å². The van der Waals surface area contributed by atoms with Gasteiger partial charge in [-0.05, 0) is 43.9 Å². The zero-order valence-electron chi connectivity index (χ0n) is 11.5. The van der Waals surface area contributed by atoms with Crippen molar-refractivity contribution in [1.29, 1.82) is 0 Å². The third kappa shape index (κ3) is 3.16. The van der Waals surface area contributed by atoms with Crippen LogP contribution in [0.1, 0.15) is 33.2 Å². The summed E-state index contributed by atoms with van der Waals surface area (Å²) >= 11 is 6.40. The highest BCUT2D eigenvalue weighted by Gasteiger charge is 2.15. The molecule has 0 radical (unpaired) electrons. The molecule has 19 heavy (non-hydrogen) atoms. The molecule has 0 saturated carbocycles. The van der Waals surface area contributed by atoms with Gasteiger partial charge >= 0.3 is 0 Å². The van der Waals surface area contributed by atoms with Crippen LogP contribution in [0.5, 0.6) is 0 Å². The maximum Gasteiger partial charge on any atom is 0.130 e. The molecular formula is C17H18ClF. The first-order chi connectivity index (χ1) is 8.99. The zero-order valence-corrected chi connectivity index (χ0v) is 12.3. The highest BCUT2D eigenvalue weighted by Crippen LogP contribution is 2.29. The smallest absolute Gasteiger partial charge is 0.130 e. The maximum absolute atomic E-state index is 14.1. The second-order valence-electron chi connectivity index (χ2n) is 5.08. The summed E-state index contributed by atoms with van der Waals surface area (Å²) in [4.78, 5) is 0. The fraction of sp³-hybridized carbons (Fsp3) is 0.294. The SMILES string of the molecule is Cc1ccc(C)c(CC(Cl)c2cccc(C)c2F)c1. The minimum absolute atomic E-state index is 0.187. The number of benzene rings is 2. The number of aryl methyl sites for hydroxylation is 3. The first kappa shape index (κ1) is 14.1. The lowest BCUT2D eigenvalue weighted by Crippen LogP contribution is -2.02. The predicted molar refractivity (Wildman–Crippen MR) is 79.4 cm³/mol. The van der Waals surface area contributed by atoms with Crippen LogP contribution in [0.25, 0.3) is 0 Å². The summed E-state index contributed by atoms with van der Waals surface area (Å²) < 4.78 is 14.1. The third-order valence-electron chi connectivity index (χ3n) is 3.46. The normalized spacial score (nSPS) is 12.5. The molecule has 0 bridgehead atoms. The van der Waals surface area contributed by atoms with E-state index < -0.39 is 0 Å². The van der Waals surface area contributed by atoms with E-state index in [1.54, 1.807) is 19.1 Å². The van der Waals surface area contributed by atoms with Crippen molar-refractivity contribution < 1.29 is 4.39 Å². The molecule has 100 valence electrons. The van der Waals surface area contributed by atoms with Crippen LogP contribution in [0.2, 0.25) is 0 Å². The molecule has 2 aromatic rings. The van der Waals surface area contributed by atoms with E-state index in [-0.39, 0.29) is 11.2 Å². The monoisotopic (exact) mass is 276 g/mol. The Morgan fingerprint density at radius 3 is 2.53 bits per heavy atom. The number of hydrogen-bond donors (Lipinski definition) is 0. The van der Waals surface area contributed by atoms with Gasteiger partial charge in [-0.2, -0.15) is 0 Å². The van der Waals surface area contributed by atoms with Gasteiger partial charge in [0.05, 0.1) is 5.38 Å². The van der Waals surface area contributed by atoms with Gasteiger partial charge < -0.3 is 0 Å². The fourth-order valence-electron chi connectivity index (χ4n) is 2.24. The van der Waals surface area contributed by atoms with Crippen LogP contribution in [0.3, 0.4) is 0 Å². The molecule has 0 spiro atoms. The lowest BCUT2D eigenvalue weighted by atomic mass is 9.97. The number of halogens is 2.